The summed E-state index contributed by atoms with van der Waals surface area (Å²) in [4.78, 5) is 14.6. The first kappa shape index (κ1) is 19.1. The topological polar surface area (TPSA) is 49.8 Å². The van der Waals surface area contributed by atoms with Crippen LogP contribution in [-0.2, 0) is 4.74 Å². The summed E-state index contributed by atoms with van der Waals surface area (Å²) >= 11 is 3.74. The molecule has 1 heterocycles. The van der Waals surface area contributed by atoms with Gasteiger partial charge in [-0.1, -0.05) is 54.6 Å². The Morgan fingerprint density at radius 2 is 1.79 bits per heavy atom. The fraction of sp³-hybridized carbons (Fsp3) is 0.261. The molecule has 1 aliphatic rings. The maximum atomic E-state index is 12.9. The van der Waals surface area contributed by atoms with E-state index in [9.17, 15) is 9.90 Å². The first-order valence-corrected chi connectivity index (χ1v) is 10.1. The quantitative estimate of drug-likeness (QED) is 0.650. The molecule has 5 heteroatoms. The van der Waals surface area contributed by atoms with Gasteiger partial charge in [0.1, 0.15) is 6.10 Å². The molecule has 1 fully saturated rings. The number of nitrogens with zero attached hydrogens (tertiary/aromatic N) is 1. The highest BCUT2D eigenvalue weighted by molar-refractivity contribution is 9.10. The minimum absolute atomic E-state index is 0.122. The highest BCUT2D eigenvalue weighted by Gasteiger charge is 2.41. The first-order valence-electron chi connectivity index (χ1n) is 9.36. The average Bonchev–Trinajstić information content (AvgIpc) is 2.74. The summed E-state index contributed by atoms with van der Waals surface area (Å²) in [7, 11) is 1.54. The molecule has 144 valence electrons. The second kappa shape index (κ2) is 8.03. The van der Waals surface area contributed by atoms with Gasteiger partial charge in [-0.3, -0.25) is 4.79 Å². The smallest absolute Gasteiger partial charge is 0.255 e. The van der Waals surface area contributed by atoms with E-state index in [1.807, 2.05) is 30.3 Å². The van der Waals surface area contributed by atoms with Crippen molar-refractivity contribution >= 4 is 32.6 Å². The summed E-state index contributed by atoms with van der Waals surface area (Å²) in [6.07, 6.45) is -0.843. The molecule has 1 N–H and O–H groups in total. The van der Waals surface area contributed by atoms with E-state index in [2.05, 4.69) is 40.2 Å². The number of hydrogen-bond acceptors (Lipinski definition) is 3. The van der Waals surface area contributed by atoms with Crippen LogP contribution < -0.4 is 0 Å². The molecule has 4 rings (SSSR count). The van der Waals surface area contributed by atoms with Crippen LogP contribution in [0, 0.1) is 0 Å². The van der Waals surface area contributed by atoms with Crippen molar-refractivity contribution in [1.82, 2.24) is 4.90 Å². The molecule has 0 saturated carbocycles. The van der Waals surface area contributed by atoms with Crippen molar-refractivity contribution in [3.8, 4) is 0 Å². The zero-order valence-electron chi connectivity index (χ0n) is 15.6. The lowest BCUT2D eigenvalue weighted by Crippen LogP contribution is -2.54. The number of rotatable bonds is 3. The van der Waals surface area contributed by atoms with Gasteiger partial charge in [0.25, 0.3) is 5.91 Å². The van der Waals surface area contributed by atoms with Gasteiger partial charge < -0.3 is 14.7 Å². The minimum Gasteiger partial charge on any atom is -0.388 e. The van der Waals surface area contributed by atoms with Crippen molar-refractivity contribution in [3.05, 3.63) is 82.3 Å². The Bertz CT molecular complexity index is 992. The number of fused-ring (bicyclic) bond motifs is 1. The Morgan fingerprint density at radius 3 is 2.54 bits per heavy atom. The number of ether oxygens (including phenoxy) is 1. The molecule has 28 heavy (non-hydrogen) atoms. The lowest BCUT2D eigenvalue weighted by atomic mass is 9.84. The standard InChI is InChI=1S/C23H22BrNO3/c1-28-23-21(26)19(13-14-25(23)22(27)16-8-3-2-4-9-16)18-12-11-15-7-5-6-10-17(15)20(18)24/h2-12,19,21,23,26H,13-14H2,1H3. The van der Waals surface area contributed by atoms with Crippen molar-refractivity contribution in [2.24, 2.45) is 0 Å². The lowest BCUT2D eigenvalue weighted by molar-refractivity contribution is -0.120. The number of amides is 1. The number of halogens is 1. The predicted octanol–water partition coefficient (Wildman–Crippen LogP) is 4.57. The molecule has 3 aromatic carbocycles. The zero-order chi connectivity index (χ0) is 19.7. The normalized spacial score (nSPS) is 22.4. The maximum Gasteiger partial charge on any atom is 0.255 e. The van der Waals surface area contributed by atoms with Gasteiger partial charge in [0.05, 0.1) is 0 Å². The third-order valence-corrected chi connectivity index (χ3v) is 6.39. The fourth-order valence-corrected chi connectivity index (χ4v) is 4.85. The molecule has 1 amide bonds. The molecule has 0 aliphatic carbocycles. The number of methoxy groups -OCH3 is 1. The van der Waals surface area contributed by atoms with Crippen LogP contribution in [-0.4, -0.2) is 41.9 Å². The first-order chi connectivity index (χ1) is 13.6. The van der Waals surface area contributed by atoms with Crippen molar-refractivity contribution in [2.75, 3.05) is 13.7 Å². The number of benzene rings is 3. The second-order valence-corrected chi connectivity index (χ2v) is 7.86. The van der Waals surface area contributed by atoms with Crippen LogP contribution in [0.15, 0.2) is 71.2 Å². The molecule has 3 aromatic rings. The van der Waals surface area contributed by atoms with Crippen LogP contribution in [0.2, 0.25) is 0 Å². The van der Waals surface area contributed by atoms with Gasteiger partial charge in [0, 0.05) is 29.6 Å². The SMILES string of the molecule is COC1C(O)C(c2ccc3ccccc3c2Br)CCN1C(=O)c1ccccc1. The van der Waals surface area contributed by atoms with Crippen molar-refractivity contribution in [3.63, 3.8) is 0 Å². The van der Waals surface area contributed by atoms with Crippen LogP contribution >= 0.6 is 15.9 Å². The number of carbonyl (C=O) groups is 1. The van der Waals surface area contributed by atoms with E-state index in [-0.39, 0.29) is 11.8 Å². The summed E-state index contributed by atoms with van der Waals surface area (Å²) in [5.74, 6) is -0.244. The van der Waals surface area contributed by atoms with Gasteiger partial charge in [0.2, 0.25) is 0 Å². The third kappa shape index (κ3) is 3.34. The summed E-state index contributed by atoms with van der Waals surface area (Å²) in [6, 6.07) is 21.4. The molecule has 0 bridgehead atoms. The molecule has 1 saturated heterocycles. The highest BCUT2D eigenvalue weighted by atomic mass is 79.9. The number of hydrogen-bond donors (Lipinski definition) is 1. The summed E-state index contributed by atoms with van der Waals surface area (Å²) in [5.41, 5.74) is 1.64. The fourth-order valence-electron chi connectivity index (χ4n) is 4.07. The molecule has 3 unspecified atom stereocenters. The van der Waals surface area contributed by atoms with Gasteiger partial charge in [-0.05, 0) is 50.8 Å². The van der Waals surface area contributed by atoms with E-state index in [1.54, 1.807) is 17.0 Å². The Hall–Kier alpha value is -2.21. The maximum absolute atomic E-state index is 12.9. The number of piperidine rings is 1. The predicted molar refractivity (Wildman–Crippen MR) is 113 cm³/mol. The van der Waals surface area contributed by atoms with Gasteiger partial charge in [0.15, 0.2) is 6.23 Å². The van der Waals surface area contributed by atoms with Gasteiger partial charge in [-0.2, -0.15) is 0 Å². The molecule has 1 aliphatic heterocycles. The molecule has 4 nitrogen and oxygen atoms in total. The Morgan fingerprint density at radius 1 is 1.07 bits per heavy atom. The second-order valence-electron chi connectivity index (χ2n) is 7.07. The average molecular weight is 440 g/mol. The van der Waals surface area contributed by atoms with Crippen LogP contribution in [0.5, 0.6) is 0 Å². The molecular weight excluding hydrogens is 418 g/mol. The van der Waals surface area contributed by atoms with E-state index in [0.717, 1.165) is 20.8 Å². The van der Waals surface area contributed by atoms with Crippen molar-refractivity contribution in [1.29, 1.82) is 0 Å². The summed E-state index contributed by atoms with van der Waals surface area (Å²) in [6.45, 7) is 0.521. The largest absolute Gasteiger partial charge is 0.388 e. The van der Waals surface area contributed by atoms with E-state index in [4.69, 9.17) is 4.74 Å². The zero-order valence-corrected chi connectivity index (χ0v) is 17.2. The molecular formula is C23H22BrNO3. The van der Waals surface area contributed by atoms with Crippen LogP contribution in [0.3, 0.4) is 0 Å². The Kier molecular flexibility index (Phi) is 5.49. The van der Waals surface area contributed by atoms with E-state index in [0.29, 0.717) is 18.5 Å². The molecule has 3 atom stereocenters. The van der Waals surface area contributed by atoms with Gasteiger partial charge in [-0.25, -0.2) is 0 Å². The van der Waals surface area contributed by atoms with Gasteiger partial charge >= 0.3 is 0 Å². The monoisotopic (exact) mass is 439 g/mol. The Labute approximate surface area is 172 Å². The van der Waals surface area contributed by atoms with Crippen LogP contribution in [0.1, 0.15) is 28.3 Å². The van der Waals surface area contributed by atoms with Crippen molar-refractivity contribution < 1.29 is 14.6 Å². The number of carbonyl (C=O) groups excluding carboxylic acids is 1. The highest BCUT2D eigenvalue weighted by Crippen LogP contribution is 2.39. The number of likely N-dealkylation sites (tertiary alicyclic amines) is 1. The van der Waals surface area contributed by atoms with Crippen LogP contribution in [0.4, 0.5) is 0 Å². The van der Waals surface area contributed by atoms with Crippen LogP contribution in [0.25, 0.3) is 10.8 Å². The third-order valence-electron chi connectivity index (χ3n) is 5.51. The number of aliphatic hydroxyl groups is 1. The van der Waals surface area contributed by atoms with Gasteiger partial charge in [-0.15, -0.1) is 0 Å². The van der Waals surface area contributed by atoms with E-state index < -0.39 is 12.3 Å². The molecule has 0 aromatic heterocycles. The van der Waals surface area contributed by atoms with E-state index in [1.165, 1.54) is 7.11 Å². The minimum atomic E-state index is -0.816. The summed E-state index contributed by atoms with van der Waals surface area (Å²) < 4.78 is 6.57. The Balaban J connectivity index is 1.64. The van der Waals surface area contributed by atoms with Crippen molar-refractivity contribution in [2.45, 2.75) is 24.7 Å². The number of aliphatic hydroxyl groups excluding tert-OH is 1. The van der Waals surface area contributed by atoms with E-state index >= 15 is 0 Å². The molecule has 0 spiro atoms. The summed E-state index contributed by atoms with van der Waals surface area (Å²) in [5, 5.41) is 13.4. The lowest BCUT2D eigenvalue weighted by Gasteiger charge is -2.42. The molecule has 0 radical (unpaired) electrons.